The zero-order valence-electron chi connectivity index (χ0n) is 9.41. The summed E-state index contributed by atoms with van der Waals surface area (Å²) in [5.74, 6) is -0.0190. The van der Waals surface area contributed by atoms with Crippen molar-refractivity contribution >= 4 is 16.8 Å². The monoisotopic (exact) mass is 218 g/mol. The van der Waals surface area contributed by atoms with Crippen LogP contribution >= 0.6 is 0 Å². The molecule has 0 saturated heterocycles. The van der Waals surface area contributed by atoms with Crippen LogP contribution in [-0.2, 0) is 6.54 Å². The van der Waals surface area contributed by atoms with Crippen LogP contribution in [0.25, 0.3) is 11.0 Å². The van der Waals surface area contributed by atoms with Gasteiger partial charge < -0.3 is 4.98 Å². The van der Waals surface area contributed by atoms with E-state index in [2.05, 4.69) is 4.98 Å². The molecule has 0 unspecified atom stereocenters. The first kappa shape index (κ1) is 10.7. The number of hydrogen-bond donors (Lipinski definition) is 1. The summed E-state index contributed by atoms with van der Waals surface area (Å²) in [5.41, 5.74) is 1.91. The number of fused-ring (bicyclic) bond motifs is 1. The lowest BCUT2D eigenvalue weighted by Crippen LogP contribution is -2.17. The molecule has 1 heterocycles. The summed E-state index contributed by atoms with van der Waals surface area (Å²) in [7, 11) is 0. The number of Topliss-reactive ketones (excluding diaryl/α,β-unsaturated/α-hetero) is 1. The Hall–Kier alpha value is -1.84. The summed E-state index contributed by atoms with van der Waals surface area (Å²) < 4.78 is 1.63. The Labute approximate surface area is 92.9 Å². The maximum Gasteiger partial charge on any atom is 0.326 e. The first-order chi connectivity index (χ1) is 7.65. The van der Waals surface area contributed by atoms with E-state index in [1.165, 1.54) is 6.92 Å². The zero-order valence-corrected chi connectivity index (χ0v) is 9.41. The van der Waals surface area contributed by atoms with E-state index in [0.29, 0.717) is 12.1 Å². The third kappa shape index (κ3) is 1.56. The number of carbonyl (C=O) groups excluding carboxylic acids is 1. The van der Waals surface area contributed by atoms with E-state index < -0.39 is 0 Å². The standard InChI is InChI=1S/C12H14N2O2/c1-3-7-14-11-9(8(2)15)5-4-6-10(11)13-12(14)16/h4-6H,3,7H2,1-2H3,(H,13,16). The van der Waals surface area contributed by atoms with Gasteiger partial charge in [-0.25, -0.2) is 4.79 Å². The number of nitrogens with zero attached hydrogens (tertiary/aromatic N) is 1. The molecule has 0 aliphatic rings. The molecule has 1 aromatic carbocycles. The van der Waals surface area contributed by atoms with E-state index in [1.807, 2.05) is 13.0 Å². The molecule has 4 heteroatoms. The molecule has 0 fully saturated rings. The predicted octanol–water partition coefficient (Wildman–Crippen LogP) is 1.94. The Morgan fingerprint density at radius 2 is 2.19 bits per heavy atom. The van der Waals surface area contributed by atoms with Gasteiger partial charge in [-0.3, -0.25) is 9.36 Å². The minimum absolute atomic E-state index is 0.0190. The molecule has 0 amide bonds. The second-order valence-corrected chi connectivity index (χ2v) is 3.84. The number of imidazole rings is 1. The molecule has 4 nitrogen and oxygen atoms in total. The Balaban J connectivity index is 2.83. The highest BCUT2D eigenvalue weighted by molar-refractivity contribution is 6.04. The van der Waals surface area contributed by atoms with Gasteiger partial charge in [0.05, 0.1) is 11.0 Å². The van der Waals surface area contributed by atoms with E-state index in [-0.39, 0.29) is 11.5 Å². The van der Waals surface area contributed by atoms with Crippen LogP contribution in [0.1, 0.15) is 30.6 Å². The second-order valence-electron chi connectivity index (χ2n) is 3.84. The van der Waals surface area contributed by atoms with Crippen molar-refractivity contribution in [1.82, 2.24) is 9.55 Å². The lowest BCUT2D eigenvalue weighted by Gasteiger charge is -2.04. The van der Waals surface area contributed by atoms with Crippen molar-refractivity contribution in [3.05, 3.63) is 34.2 Å². The number of nitrogens with one attached hydrogen (secondary N) is 1. The number of carbonyl (C=O) groups is 1. The second kappa shape index (κ2) is 3.96. The van der Waals surface area contributed by atoms with E-state index in [9.17, 15) is 9.59 Å². The van der Waals surface area contributed by atoms with Crippen LogP contribution in [0.4, 0.5) is 0 Å². The molecular formula is C12H14N2O2. The number of benzene rings is 1. The van der Waals surface area contributed by atoms with Crippen LogP contribution < -0.4 is 5.69 Å². The quantitative estimate of drug-likeness (QED) is 0.800. The van der Waals surface area contributed by atoms with Gasteiger partial charge in [-0.2, -0.15) is 0 Å². The fourth-order valence-electron chi connectivity index (χ4n) is 1.94. The van der Waals surface area contributed by atoms with Gasteiger partial charge in [-0.05, 0) is 25.5 Å². The average Bonchev–Trinajstić information content (AvgIpc) is 2.55. The van der Waals surface area contributed by atoms with Crippen molar-refractivity contribution in [1.29, 1.82) is 0 Å². The molecule has 0 aliphatic heterocycles. The Kier molecular flexibility index (Phi) is 2.64. The highest BCUT2D eigenvalue weighted by Gasteiger charge is 2.12. The number of aromatic nitrogens is 2. The molecule has 0 radical (unpaired) electrons. The number of hydrogen-bond acceptors (Lipinski definition) is 2. The number of para-hydroxylation sites is 1. The molecule has 84 valence electrons. The lowest BCUT2D eigenvalue weighted by atomic mass is 10.1. The van der Waals surface area contributed by atoms with Gasteiger partial charge in [0.2, 0.25) is 0 Å². The molecule has 2 rings (SSSR count). The van der Waals surface area contributed by atoms with Crippen molar-refractivity contribution in [2.24, 2.45) is 0 Å². The first-order valence-electron chi connectivity index (χ1n) is 5.37. The molecule has 0 aliphatic carbocycles. The highest BCUT2D eigenvalue weighted by Crippen LogP contribution is 2.16. The molecule has 2 aromatic rings. The van der Waals surface area contributed by atoms with Gasteiger partial charge in [0, 0.05) is 12.1 Å². The Morgan fingerprint density at radius 3 is 2.81 bits per heavy atom. The number of aryl methyl sites for hydroxylation is 1. The number of H-pyrrole nitrogens is 1. The van der Waals surface area contributed by atoms with Gasteiger partial charge in [-0.15, -0.1) is 0 Å². The van der Waals surface area contributed by atoms with E-state index in [1.54, 1.807) is 16.7 Å². The average molecular weight is 218 g/mol. The third-order valence-corrected chi connectivity index (χ3v) is 2.62. The topological polar surface area (TPSA) is 54.9 Å². The van der Waals surface area contributed by atoms with Crippen molar-refractivity contribution in [2.45, 2.75) is 26.8 Å². The molecular weight excluding hydrogens is 204 g/mol. The van der Waals surface area contributed by atoms with Crippen molar-refractivity contribution in [3.63, 3.8) is 0 Å². The van der Waals surface area contributed by atoms with Crippen LogP contribution in [0.15, 0.2) is 23.0 Å². The molecule has 0 spiro atoms. The summed E-state index contributed by atoms with van der Waals surface area (Å²) in [6.07, 6.45) is 0.860. The lowest BCUT2D eigenvalue weighted by molar-refractivity contribution is 0.101. The fraction of sp³-hybridized carbons (Fsp3) is 0.333. The van der Waals surface area contributed by atoms with Crippen LogP contribution in [0.2, 0.25) is 0 Å². The molecule has 16 heavy (non-hydrogen) atoms. The third-order valence-electron chi connectivity index (χ3n) is 2.62. The van der Waals surface area contributed by atoms with Gasteiger partial charge in [0.15, 0.2) is 5.78 Å². The predicted molar refractivity (Wildman–Crippen MR) is 62.9 cm³/mol. The normalized spacial score (nSPS) is 10.9. The maximum absolute atomic E-state index is 11.7. The zero-order chi connectivity index (χ0) is 11.7. The van der Waals surface area contributed by atoms with Gasteiger partial charge in [0.25, 0.3) is 0 Å². The summed E-state index contributed by atoms with van der Waals surface area (Å²) >= 11 is 0. The van der Waals surface area contributed by atoms with Gasteiger partial charge >= 0.3 is 5.69 Å². The maximum atomic E-state index is 11.7. The summed E-state index contributed by atoms with van der Waals surface area (Å²) in [6, 6.07) is 5.35. The largest absolute Gasteiger partial charge is 0.326 e. The molecule has 0 saturated carbocycles. The molecule has 0 atom stereocenters. The SMILES string of the molecule is CCCn1c(=O)[nH]c2cccc(C(C)=O)c21. The van der Waals surface area contributed by atoms with Crippen LogP contribution in [-0.4, -0.2) is 15.3 Å². The van der Waals surface area contributed by atoms with Crippen molar-refractivity contribution in [3.8, 4) is 0 Å². The van der Waals surface area contributed by atoms with E-state index in [4.69, 9.17) is 0 Å². The number of rotatable bonds is 3. The van der Waals surface area contributed by atoms with E-state index >= 15 is 0 Å². The Morgan fingerprint density at radius 1 is 1.44 bits per heavy atom. The van der Waals surface area contributed by atoms with Crippen LogP contribution in [0.5, 0.6) is 0 Å². The fourth-order valence-corrected chi connectivity index (χ4v) is 1.94. The number of ketones is 1. The van der Waals surface area contributed by atoms with Crippen molar-refractivity contribution < 1.29 is 4.79 Å². The smallest absolute Gasteiger partial charge is 0.306 e. The molecule has 0 bridgehead atoms. The van der Waals surface area contributed by atoms with E-state index in [0.717, 1.165) is 17.5 Å². The molecule has 1 aromatic heterocycles. The van der Waals surface area contributed by atoms with Gasteiger partial charge in [0.1, 0.15) is 0 Å². The van der Waals surface area contributed by atoms with Gasteiger partial charge in [-0.1, -0.05) is 13.0 Å². The van der Waals surface area contributed by atoms with Crippen molar-refractivity contribution in [2.75, 3.05) is 0 Å². The first-order valence-corrected chi connectivity index (χ1v) is 5.37. The summed E-state index contributed by atoms with van der Waals surface area (Å²) in [5, 5.41) is 0. The Bertz CT molecular complexity index is 593. The molecule has 1 N–H and O–H groups in total. The summed E-state index contributed by atoms with van der Waals surface area (Å²) in [6.45, 7) is 4.15. The highest BCUT2D eigenvalue weighted by atomic mass is 16.1. The van der Waals surface area contributed by atoms with Crippen LogP contribution in [0, 0.1) is 0 Å². The minimum atomic E-state index is -0.148. The van der Waals surface area contributed by atoms with Crippen LogP contribution in [0.3, 0.4) is 0 Å². The minimum Gasteiger partial charge on any atom is -0.306 e. The summed E-state index contributed by atoms with van der Waals surface area (Å²) in [4.78, 5) is 26.0. The number of aromatic amines is 1.